The molecule has 2 unspecified atom stereocenters. The normalized spacial score (nSPS) is 22.8. The Morgan fingerprint density at radius 3 is 2.60 bits per heavy atom. The maximum atomic E-state index is 12.7. The summed E-state index contributed by atoms with van der Waals surface area (Å²) in [5.74, 6) is 0.728. The molecule has 0 radical (unpaired) electrons. The van der Waals surface area contributed by atoms with Crippen LogP contribution < -0.4 is 5.73 Å². The summed E-state index contributed by atoms with van der Waals surface area (Å²) in [7, 11) is 0. The maximum absolute atomic E-state index is 12.7. The van der Waals surface area contributed by atoms with Crippen molar-refractivity contribution in [2.75, 3.05) is 26.2 Å². The Kier molecular flexibility index (Phi) is 6.12. The Bertz CT molecular complexity index is 560. The molecule has 3 heterocycles. The van der Waals surface area contributed by atoms with Crippen LogP contribution in [0.3, 0.4) is 0 Å². The summed E-state index contributed by atoms with van der Waals surface area (Å²) in [6, 6.07) is 0.382. The lowest BCUT2D eigenvalue weighted by Crippen LogP contribution is -2.48. The third kappa shape index (κ3) is 4.23. The molecule has 140 valence electrons. The number of rotatable bonds is 5. The molecule has 25 heavy (non-hydrogen) atoms. The van der Waals surface area contributed by atoms with Crippen molar-refractivity contribution >= 4 is 5.91 Å². The molecule has 0 aliphatic carbocycles. The number of likely N-dealkylation sites (tertiary alicyclic amines) is 2. The summed E-state index contributed by atoms with van der Waals surface area (Å²) in [6.07, 6.45) is 8.54. The Hall–Kier alpha value is -1.40. The topological polar surface area (TPSA) is 75.6 Å². The molecule has 2 aliphatic heterocycles. The zero-order chi connectivity index (χ0) is 17.8. The van der Waals surface area contributed by atoms with Crippen molar-refractivity contribution in [3.8, 4) is 0 Å². The number of nitrogens with zero attached hydrogens (tertiary/aromatic N) is 3. The van der Waals surface area contributed by atoms with Crippen molar-refractivity contribution in [2.24, 2.45) is 11.7 Å². The molecule has 2 N–H and O–H groups in total. The number of hydrogen-bond donors (Lipinski definition) is 1. The molecular weight excluding hydrogens is 316 g/mol. The number of aromatic nitrogens is 1. The lowest BCUT2D eigenvalue weighted by molar-refractivity contribution is 0.0584. The van der Waals surface area contributed by atoms with Gasteiger partial charge in [-0.3, -0.25) is 4.79 Å². The van der Waals surface area contributed by atoms with E-state index < -0.39 is 0 Å². The third-order valence-corrected chi connectivity index (χ3v) is 5.94. The first-order valence-electron chi connectivity index (χ1n) is 9.84. The van der Waals surface area contributed by atoms with E-state index in [4.69, 9.17) is 10.2 Å². The quantitative estimate of drug-likeness (QED) is 0.885. The molecule has 0 saturated carbocycles. The average Bonchev–Trinajstić information content (AvgIpc) is 3.17. The molecule has 0 aromatic carbocycles. The van der Waals surface area contributed by atoms with Crippen molar-refractivity contribution < 1.29 is 9.21 Å². The largest absolute Gasteiger partial charge is 0.446 e. The second-order valence-corrected chi connectivity index (χ2v) is 7.60. The van der Waals surface area contributed by atoms with E-state index in [1.807, 2.05) is 4.90 Å². The van der Waals surface area contributed by atoms with Crippen LogP contribution in [0.5, 0.6) is 0 Å². The van der Waals surface area contributed by atoms with Crippen LogP contribution >= 0.6 is 0 Å². The SMILES string of the molecule is CCC(C)C(N)c1nc(C(=O)N2CCC(N3CCCCC3)CC2)co1. The fourth-order valence-electron chi connectivity index (χ4n) is 3.92. The molecule has 2 aliphatic rings. The van der Waals surface area contributed by atoms with Crippen LogP contribution in [0.1, 0.15) is 74.8 Å². The van der Waals surface area contributed by atoms with Gasteiger partial charge in [-0.05, 0) is 44.7 Å². The van der Waals surface area contributed by atoms with Crippen LogP contribution in [-0.4, -0.2) is 52.9 Å². The van der Waals surface area contributed by atoms with Gasteiger partial charge in [0, 0.05) is 19.1 Å². The minimum atomic E-state index is -0.253. The molecule has 2 saturated heterocycles. The van der Waals surface area contributed by atoms with E-state index in [1.54, 1.807) is 0 Å². The lowest BCUT2D eigenvalue weighted by atomic mass is 9.99. The molecule has 1 aromatic rings. The highest BCUT2D eigenvalue weighted by molar-refractivity contribution is 5.92. The standard InChI is InChI=1S/C19H32N4O2/c1-3-14(2)17(20)18-21-16(13-25-18)19(24)23-11-7-15(8-12-23)22-9-5-4-6-10-22/h13-15,17H,3-12,20H2,1-2H3. The highest BCUT2D eigenvalue weighted by Gasteiger charge is 2.29. The predicted octanol–water partition coefficient (Wildman–Crippen LogP) is 2.81. The summed E-state index contributed by atoms with van der Waals surface area (Å²) in [4.78, 5) is 21.6. The van der Waals surface area contributed by atoms with Crippen LogP contribution in [0.15, 0.2) is 10.7 Å². The molecule has 2 atom stereocenters. The number of carbonyl (C=O) groups is 1. The highest BCUT2D eigenvalue weighted by Crippen LogP contribution is 2.24. The van der Waals surface area contributed by atoms with Gasteiger partial charge in [0.2, 0.25) is 5.89 Å². The lowest BCUT2D eigenvalue weighted by Gasteiger charge is -2.40. The molecule has 1 aromatic heterocycles. The summed E-state index contributed by atoms with van der Waals surface area (Å²) < 4.78 is 5.49. The van der Waals surface area contributed by atoms with Gasteiger partial charge in [0.1, 0.15) is 6.26 Å². The first-order chi connectivity index (χ1) is 12.1. The number of oxazole rings is 1. The first kappa shape index (κ1) is 18.4. The predicted molar refractivity (Wildman–Crippen MR) is 97.2 cm³/mol. The zero-order valence-electron chi connectivity index (χ0n) is 15.6. The summed E-state index contributed by atoms with van der Waals surface area (Å²) >= 11 is 0. The second kappa shape index (κ2) is 8.32. The van der Waals surface area contributed by atoms with Gasteiger partial charge < -0.3 is 20.0 Å². The Balaban J connectivity index is 1.55. The number of piperidine rings is 2. The van der Waals surface area contributed by atoms with Gasteiger partial charge in [-0.15, -0.1) is 0 Å². The van der Waals surface area contributed by atoms with Crippen molar-refractivity contribution in [3.05, 3.63) is 17.8 Å². The van der Waals surface area contributed by atoms with E-state index >= 15 is 0 Å². The van der Waals surface area contributed by atoms with Crippen LogP contribution in [-0.2, 0) is 0 Å². The van der Waals surface area contributed by atoms with E-state index in [-0.39, 0.29) is 17.9 Å². The Morgan fingerprint density at radius 1 is 1.28 bits per heavy atom. The molecule has 0 bridgehead atoms. The summed E-state index contributed by atoms with van der Waals surface area (Å²) in [5.41, 5.74) is 6.55. The number of carbonyl (C=O) groups excluding carboxylic acids is 1. The minimum Gasteiger partial charge on any atom is -0.446 e. The van der Waals surface area contributed by atoms with E-state index in [0.29, 0.717) is 17.6 Å². The van der Waals surface area contributed by atoms with Crippen LogP contribution in [0.2, 0.25) is 0 Å². The Morgan fingerprint density at radius 2 is 1.96 bits per heavy atom. The molecule has 3 rings (SSSR count). The van der Waals surface area contributed by atoms with Gasteiger partial charge in [-0.2, -0.15) is 0 Å². The van der Waals surface area contributed by atoms with Gasteiger partial charge in [-0.25, -0.2) is 4.98 Å². The van der Waals surface area contributed by atoms with E-state index in [2.05, 4.69) is 23.7 Å². The molecular formula is C19H32N4O2. The van der Waals surface area contributed by atoms with E-state index in [1.165, 1.54) is 38.6 Å². The van der Waals surface area contributed by atoms with Gasteiger partial charge in [0.25, 0.3) is 5.91 Å². The number of amides is 1. The highest BCUT2D eigenvalue weighted by atomic mass is 16.3. The third-order valence-electron chi connectivity index (χ3n) is 5.94. The fourth-order valence-corrected chi connectivity index (χ4v) is 3.92. The van der Waals surface area contributed by atoms with Crippen LogP contribution in [0.4, 0.5) is 0 Å². The molecule has 6 nitrogen and oxygen atoms in total. The van der Waals surface area contributed by atoms with Crippen molar-refractivity contribution in [2.45, 2.75) is 64.5 Å². The molecule has 6 heteroatoms. The number of hydrogen-bond acceptors (Lipinski definition) is 5. The summed E-state index contributed by atoms with van der Waals surface area (Å²) in [6.45, 7) is 8.21. The van der Waals surface area contributed by atoms with E-state index in [9.17, 15) is 4.79 Å². The zero-order valence-corrected chi connectivity index (χ0v) is 15.6. The van der Waals surface area contributed by atoms with Gasteiger partial charge in [-0.1, -0.05) is 26.7 Å². The molecule has 1 amide bonds. The smallest absolute Gasteiger partial charge is 0.275 e. The number of nitrogens with two attached hydrogens (primary N) is 1. The van der Waals surface area contributed by atoms with Crippen LogP contribution in [0.25, 0.3) is 0 Å². The van der Waals surface area contributed by atoms with Crippen molar-refractivity contribution in [1.29, 1.82) is 0 Å². The molecule has 2 fully saturated rings. The van der Waals surface area contributed by atoms with Gasteiger partial charge in [0.15, 0.2) is 5.69 Å². The van der Waals surface area contributed by atoms with Crippen LogP contribution in [0, 0.1) is 5.92 Å². The van der Waals surface area contributed by atoms with Crippen molar-refractivity contribution in [1.82, 2.24) is 14.8 Å². The second-order valence-electron chi connectivity index (χ2n) is 7.60. The minimum absolute atomic E-state index is 0.0246. The van der Waals surface area contributed by atoms with Gasteiger partial charge in [0.05, 0.1) is 6.04 Å². The average molecular weight is 348 g/mol. The summed E-state index contributed by atoms with van der Waals surface area (Å²) in [5, 5.41) is 0. The van der Waals surface area contributed by atoms with Crippen molar-refractivity contribution in [3.63, 3.8) is 0 Å². The fraction of sp³-hybridized carbons (Fsp3) is 0.789. The first-order valence-corrected chi connectivity index (χ1v) is 9.84. The monoisotopic (exact) mass is 348 g/mol. The Labute approximate surface area is 150 Å². The van der Waals surface area contributed by atoms with E-state index in [0.717, 1.165) is 32.4 Å². The maximum Gasteiger partial charge on any atom is 0.275 e. The molecule has 0 spiro atoms. The van der Waals surface area contributed by atoms with Gasteiger partial charge >= 0.3 is 0 Å².